The molecule has 5 nitrogen and oxygen atoms in total. The molecule has 0 aliphatic carbocycles. The first-order chi connectivity index (χ1) is 22.2. The predicted molar refractivity (Wildman–Crippen MR) is 184 cm³/mol. The maximum Gasteiger partial charge on any atom is 0.159 e. The van der Waals surface area contributed by atoms with Crippen LogP contribution in [0.5, 0.6) is 11.5 Å². The summed E-state index contributed by atoms with van der Waals surface area (Å²) in [5, 5.41) is 8.96. The van der Waals surface area contributed by atoms with Crippen molar-refractivity contribution in [2.24, 2.45) is 0 Å². The number of unbranched alkanes of at least 4 members (excludes halogenated alkanes) is 11. The Kier molecular flexibility index (Phi) is 15.0. The van der Waals surface area contributed by atoms with Crippen LogP contribution in [0.4, 0.5) is 0 Å². The summed E-state index contributed by atoms with van der Waals surface area (Å²) >= 11 is 0. The molecule has 0 spiro atoms. The van der Waals surface area contributed by atoms with Gasteiger partial charge in [-0.05, 0) is 90.9 Å². The molecule has 4 rings (SSSR count). The van der Waals surface area contributed by atoms with Crippen molar-refractivity contribution in [2.45, 2.75) is 96.8 Å². The van der Waals surface area contributed by atoms with E-state index < -0.39 is 0 Å². The van der Waals surface area contributed by atoms with Crippen LogP contribution in [0.25, 0.3) is 22.5 Å². The van der Waals surface area contributed by atoms with E-state index in [0.29, 0.717) is 5.56 Å². The summed E-state index contributed by atoms with van der Waals surface area (Å²) in [6.45, 7) is 3.77. The molecule has 0 atom stereocenters. The first kappa shape index (κ1) is 33.7. The monoisotopic (exact) mass is 603 g/mol. The van der Waals surface area contributed by atoms with Crippen molar-refractivity contribution in [1.29, 1.82) is 5.26 Å². The standard InChI is InChI=1S/C40H49N3O2/c1-2-3-4-12-15-34-31-42-40(43-32-34)37-22-26-39(27-23-37)45-29-14-11-9-7-5-6-8-10-13-28-44-38-24-20-36(21-25-38)35-18-16-33(30-41)17-19-35/h16-27,31-32H,2-15,28-29H2,1H3. The van der Waals surface area contributed by atoms with Gasteiger partial charge in [-0.3, -0.25) is 0 Å². The molecule has 3 aromatic carbocycles. The SMILES string of the molecule is CCCCCCc1cnc(-c2ccc(OCCCCCCCCCCCOc3ccc(-c4ccc(C#N)cc4)cc3)cc2)nc1. The molecule has 5 heteroatoms. The van der Waals surface area contributed by atoms with Crippen LogP contribution < -0.4 is 9.47 Å². The zero-order valence-electron chi connectivity index (χ0n) is 27.1. The fraction of sp³-hybridized carbons (Fsp3) is 0.425. The molecular weight excluding hydrogens is 554 g/mol. The Hall–Kier alpha value is -4.17. The molecule has 0 aliphatic heterocycles. The number of ether oxygens (including phenoxy) is 2. The van der Waals surface area contributed by atoms with Crippen molar-refractivity contribution in [2.75, 3.05) is 13.2 Å². The largest absolute Gasteiger partial charge is 0.494 e. The summed E-state index contributed by atoms with van der Waals surface area (Å²) in [6, 6.07) is 26.2. The van der Waals surface area contributed by atoms with E-state index in [0.717, 1.165) is 66.5 Å². The van der Waals surface area contributed by atoms with Crippen LogP contribution in [0.1, 0.15) is 102 Å². The summed E-state index contributed by atoms with van der Waals surface area (Å²) in [5.41, 5.74) is 5.16. The lowest BCUT2D eigenvalue weighted by Crippen LogP contribution is -1.98. The van der Waals surface area contributed by atoms with Gasteiger partial charge in [0, 0.05) is 18.0 Å². The molecule has 4 aromatic rings. The van der Waals surface area contributed by atoms with Gasteiger partial charge in [0.15, 0.2) is 5.82 Å². The van der Waals surface area contributed by atoms with Crippen molar-refractivity contribution in [3.63, 3.8) is 0 Å². The predicted octanol–water partition coefficient (Wildman–Crippen LogP) is 10.8. The van der Waals surface area contributed by atoms with Gasteiger partial charge in [0.1, 0.15) is 11.5 Å². The molecule has 0 saturated heterocycles. The van der Waals surface area contributed by atoms with Crippen LogP contribution in [-0.2, 0) is 6.42 Å². The molecule has 0 unspecified atom stereocenters. The second-order valence-corrected chi connectivity index (χ2v) is 11.8. The van der Waals surface area contributed by atoms with E-state index in [9.17, 15) is 0 Å². The lowest BCUT2D eigenvalue weighted by Gasteiger charge is -2.08. The average molecular weight is 604 g/mol. The first-order valence-corrected chi connectivity index (χ1v) is 17.0. The smallest absolute Gasteiger partial charge is 0.159 e. The Bertz CT molecular complexity index is 1390. The van der Waals surface area contributed by atoms with Crippen LogP contribution in [0.3, 0.4) is 0 Å². The maximum absolute atomic E-state index is 8.96. The van der Waals surface area contributed by atoms with Gasteiger partial charge in [0.05, 0.1) is 24.8 Å². The minimum absolute atomic E-state index is 0.680. The molecule has 0 saturated carbocycles. The van der Waals surface area contributed by atoms with Crippen molar-refractivity contribution in [3.05, 3.63) is 96.3 Å². The topological polar surface area (TPSA) is 68.0 Å². The lowest BCUT2D eigenvalue weighted by molar-refractivity contribution is 0.302. The van der Waals surface area contributed by atoms with Crippen LogP contribution in [0.15, 0.2) is 85.2 Å². The molecule has 1 heterocycles. The Morgan fingerprint density at radius 2 is 0.978 bits per heavy atom. The second kappa shape index (κ2) is 20.0. The fourth-order valence-corrected chi connectivity index (χ4v) is 5.39. The zero-order chi connectivity index (χ0) is 31.4. The van der Waals surface area contributed by atoms with Crippen LogP contribution in [0, 0.1) is 11.3 Å². The number of hydrogen-bond donors (Lipinski definition) is 0. The molecule has 236 valence electrons. The second-order valence-electron chi connectivity index (χ2n) is 11.8. The number of benzene rings is 3. The third-order valence-electron chi connectivity index (χ3n) is 8.16. The van der Waals surface area contributed by atoms with Crippen LogP contribution in [-0.4, -0.2) is 23.2 Å². The number of rotatable bonds is 21. The van der Waals surface area contributed by atoms with Gasteiger partial charge in [-0.1, -0.05) is 95.4 Å². The normalized spacial score (nSPS) is 10.8. The van der Waals surface area contributed by atoms with E-state index in [1.165, 1.54) is 76.2 Å². The number of nitrogens with zero attached hydrogens (tertiary/aromatic N) is 3. The summed E-state index contributed by atoms with van der Waals surface area (Å²) in [4.78, 5) is 9.15. The van der Waals surface area contributed by atoms with E-state index in [4.69, 9.17) is 14.7 Å². The molecule has 0 amide bonds. The van der Waals surface area contributed by atoms with Crippen molar-refractivity contribution in [3.8, 4) is 40.1 Å². The average Bonchev–Trinajstić information content (AvgIpc) is 3.09. The molecular formula is C40H49N3O2. The molecule has 0 radical (unpaired) electrons. The van der Waals surface area contributed by atoms with Gasteiger partial charge in [-0.2, -0.15) is 5.26 Å². The van der Waals surface area contributed by atoms with Gasteiger partial charge in [-0.25, -0.2) is 9.97 Å². The molecule has 0 N–H and O–H groups in total. The van der Waals surface area contributed by atoms with E-state index in [-0.39, 0.29) is 0 Å². The Morgan fingerprint density at radius 1 is 0.533 bits per heavy atom. The highest BCUT2D eigenvalue weighted by atomic mass is 16.5. The molecule has 1 aromatic heterocycles. The summed E-state index contributed by atoms with van der Waals surface area (Å²) in [7, 11) is 0. The highest BCUT2D eigenvalue weighted by Gasteiger charge is 2.04. The summed E-state index contributed by atoms with van der Waals surface area (Å²) in [6.07, 6.45) is 21.1. The minimum Gasteiger partial charge on any atom is -0.494 e. The molecule has 45 heavy (non-hydrogen) atoms. The van der Waals surface area contributed by atoms with Gasteiger partial charge < -0.3 is 9.47 Å². The van der Waals surface area contributed by atoms with Crippen molar-refractivity contribution >= 4 is 0 Å². The summed E-state index contributed by atoms with van der Waals surface area (Å²) in [5.74, 6) is 2.60. The Balaban J connectivity index is 0.966. The van der Waals surface area contributed by atoms with Gasteiger partial charge in [-0.15, -0.1) is 0 Å². The van der Waals surface area contributed by atoms with E-state index in [2.05, 4.69) is 47.2 Å². The van der Waals surface area contributed by atoms with Gasteiger partial charge in [0.25, 0.3) is 0 Å². The first-order valence-electron chi connectivity index (χ1n) is 17.0. The third kappa shape index (κ3) is 12.4. The number of aromatic nitrogens is 2. The minimum atomic E-state index is 0.680. The van der Waals surface area contributed by atoms with Crippen molar-refractivity contribution in [1.82, 2.24) is 9.97 Å². The number of aryl methyl sites for hydroxylation is 1. The quantitative estimate of drug-likeness (QED) is 0.0886. The maximum atomic E-state index is 8.96. The Morgan fingerprint density at radius 3 is 1.47 bits per heavy atom. The Labute approximate surface area is 270 Å². The lowest BCUT2D eigenvalue weighted by atomic mass is 10.0. The molecule has 0 bridgehead atoms. The van der Waals surface area contributed by atoms with Gasteiger partial charge in [0.2, 0.25) is 0 Å². The van der Waals surface area contributed by atoms with E-state index in [1.54, 1.807) is 0 Å². The summed E-state index contributed by atoms with van der Waals surface area (Å²) < 4.78 is 11.9. The fourth-order valence-electron chi connectivity index (χ4n) is 5.39. The molecule has 0 fully saturated rings. The van der Waals surface area contributed by atoms with Crippen molar-refractivity contribution < 1.29 is 9.47 Å². The van der Waals surface area contributed by atoms with Crippen LogP contribution >= 0.6 is 0 Å². The third-order valence-corrected chi connectivity index (χ3v) is 8.16. The van der Waals surface area contributed by atoms with Crippen LogP contribution in [0.2, 0.25) is 0 Å². The number of nitriles is 1. The highest BCUT2D eigenvalue weighted by Crippen LogP contribution is 2.23. The van der Waals surface area contributed by atoms with Gasteiger partial charge >= 0.3 is 0 Å². The van der Waals surface area contributed by atoms with E-state index in [1.807, 2.05) is 60.9 Å². The highest BCUT2D eigenvalue weighted by molar-refractivity contribution is 5.65. The van der Waals surface area contributed by atoms with E-state index >= 15 is 0 Å². The number of hydrogen-bond acceptors (Lipinski definition) is 5. The zero-order valence-corrected chi connectivity index (χ0v) is 27.1. The molecule has 0 aliphatic rings.